The van der Waals surface area contributed by atoms with Crippen molar-refractivity contribution in [2.45, 2.75) is 6.92 Å². The van der Waals surface area contributed by atoms with Gasteiger partial charge in [-0.2, -0.15) is 0 Å². The molecular formula is C11H12BrNO2. The van der Waals surface area contributed by atoms with E-state index in [0.29, 0.717) is 25.4 Å². The number of carbonyl (C=O) groups excluding carboxylic acids is 1. The minimum Gasteiger partial charge on any atom is -0.359 e. The van der Waals surface area contributed by atoms with Crippen LogP contribution in [0.4, 0.5) is 0 Å². The SMILES string of the molecule is Cc1cccc(C(=O)N2CCOC2)c1Br. The second-order valence-electron chi connectivity index (χ2n) is 3.54. The zero-order chi connectivity index (χ0) is 10.8. The Morgan fingerprint density at radius 1 is 1.53 bits per heavy atom. The lowest BCUT2D eigenvalue weighted by molar-refractivity contribution is 0.0694. The maximum atomic E-state index is 12.0. The summed E-state index contributed by atoms with van der Waals surface area (Å²) in [5.41, 5.74) is 1.78. The minimum absolute atomic E-state index is 0.0306. The molecule has 0 unspecified atom stereocenters. The molecule has 2 rings (SSSR count). The Morgan fingerprint density at radius 2 is 2.33 bits per heavy atom. The summed E-state index contributed by atoms with van der Waals surface area (Å²) >= 11 is 3.44. The van der Waals surface area contributed by atoms with Crippen molar-refractivity contribution >= 4 is 21.8 Å². The Hall–Kier alpha value is -0.870. The summed E-state index contributed by atoms with van der Waals surface area (Å²) in [7, 11) is 0. The highest BCUT2D eigenvalue weighted by molar-refractivity contribution is 9.10. The van der Waals surface area contributed by atoms with E-state index in [1.54, 1.807) is 4.90 Å². The van der Waals surface area contributed by atoms with Crippen molar-refractivity contribution in [1.82, 2.24) is 4.90 Å². The summed E-state index contributed by atoms with van der Waals surface area (Å²) in [6.07, 6.45) is 0. The fraction of sp³-hybridized carbons (Fsp3) is 0.364. The van der Waals surface area contributed by atoms with E-state index in [1.165, 1.54) is 0 Å². The van der Waals surface area contributed by atoms with Crippen LogP contribution in [0.25, 0.3) is 0 Å². The first-order chi connectivity index (χ1) is 7.20. The smallest absolute Gasteiger partial charge is 0.256 e. The fourth-order valence-electron chi connectivity index (χ4n) is 1.56. The van der Waals surface area contributed by atoms with Gasteiger partial charge < -0.3 is 9.64 Å². The van der Waals surface area contributed by atoms with Gasteiger partial charge in [0.2, 0.25) is 0 Å². The largest absolute Gasteiger partial charge is 0.359 e. The van der Waals surface area contributed by atoms with Gasteiger partial charge in [0.25, 0.3) is 5.91 Å². The molecule has 1 saturated heterocycles. The predicted octanol–water partition coefficient (Wildman–Crippen LogP) is 2.19. The Kier molecular flexibility index (Phi) is 3.07. The first kappa shape index (κ1) is 10.6. The number of amides is 1. The molecule has 4 heteroatoms. The van der Waals surface area contributed by atoms with Crippen LogP contribution in [0.15, 0.2) is 22.7 Å². The second kappa shape index (κ2) is 4.33. The molecule has 1 fully saturated rings. The molecule has 1 aromatic rings. The molecule has 15 heavy (non-hydrogen) atoms. The normalized spacial score (nSPS) is 15.7. The molecule has 0 spiro atoms. The highest BCUT2D eigenvalue weighted by atomic mass is 79.9. The van der Waals surface area contributed by atoms with Gasteiger partial charge in [0.1, 0.15) is 6.73 Å². The summed E-state index contributed by atoms with van der Waals surface area (Å²) in [5, 5.41) is 0. The monoisotopic (exact) mass is 269 g/mol. The van der Waals surface area contributed by atoms with E-state index in [0.717, 1.165) is 10.0 Å². The lowest BCUT2D eigenvalue weighted by Crippen LogP contribution is -2.28. The Bertz CT molecular complexity index is 386. The summed E-state index contributed by atoms with van der Waals surface area (Å²) in [5.74, 6) is 0.0306. The zero-order valence-electron chi connectivity index (χ0n) is 8.50. The van der Waals surface area contributed by atoms with E-state index in [-0.39, 0.29) is 5.91 Å². The van der Waals surface area contributed by atoms with E-state index in [4.69, 9.17) is 4.74 Å². The van der Waals surface area contributed by atoms with Gasteiger partial charge in [0.15, 0.2) is 0 Å². The van der Waals surface area contributed by atoms with E-state index in [1.807, 2.05) is 25.1 Å². The zero-order valence-corrected chi connectivity index (χ0v) is 10.1. The topological polar surface area (TPSA) is 29.5 Å². The van der Waals surface area contributed by atoms with Crippen LogP contribution in [0.2, 0.25) is 0 Å². The van der Waals surface area contributed by atoms with Gasteiger partial charge in [-0.1, -0.05) is 12.1 Å². The van der Waals surface area contributed by atoms with Crippen LogP contribution in [0.1, 0.15) is 15.9 Å². The molecule has 1 aliphatic rings. The standard InChI is InChI=1S/C11H12BrNO2/c1-8-3-2-4-9(10(8)12)11(14)13-5-6-15-7-13/h2-4H,5-7H2,1H3. The van der Waals surface area contributed by atoms with Crippen LogP contribution >= 0.6 is 15.9 Å². The van der Waals surface area contributed by atoms with Crippen molar-refractivity contribution in [2.75, 3.05) is 19.9 Å². The highest BCUT2D eigenvalue weighted by Gasteiger charge is 2.21. The van der Waals surface area contributed by atoms with E-state index < -0.39 is 0 Å². The third-order valence-electron chi connectivity index (χ3n) is 2.46. The van der Waals surface area contributed by atoms with E-state index in [9.17, 15) is 4.79 Å². The Labute approximate surface area is 97.2 Å². The molecule has 0 saturated carbocycles. The van der Waals surface area contributed by atoms with E-state index >= 15 is 0 Å². The third kappa shape index (κ3) is 2.06. The molecular weight excluding hydrogens is 258 g/mol. The first-order valence-corrected chi connectivity index (χ1v) is 5.61. The lowest BCUT2D eigenvalue weighted by Gasteiger charge is -2.15. The van der Waals surface area contributed by atoms with Crippen molar-refractivity contribution in [3.63, 3.8) is 0 Å². The molecule has 0 radical (unpaired) electrons. The van der Waals surface area contributed by atoms with Crippen LogP contribution < -0.4 is 0 Å². The number of benzene rings is 1. The molecule has 0 bridgehead atoms. The fourth-order valence-corrected chi connectivity index (χ4v) is 1.99. The molecule has 0 aliphatic carbocycles. The van der Waals surface area contributed by atoms with Crippen molar-refractivity contribution < 1.29 is 9.53 Å². The van der Waals surface area contributed by atoms with Crippen LogP contribution in [0.5, 0.6) is 0 Å². The molecule has 3 nitrogen and oxygen atoms in total. The third-order valence-corrected chi connectivity index (χ3v) is 3.51. The average molecular weight is 270 g/mol. The molecule has 0 atom stereocenters. The summed E-state index contributed by atoms with van der Waals surface area (Å²) in [4.78, 5) is 13.7. The van der Waals surface area contributed by atoms with Crippen LogP contribution in [-0.2, 0) is 4.74 Å². The number of aryl methyl sites for hydroxylation is 1. The van der Waals surface area contributed by atoms with Gasteiger partial charge in [-0.05, 0) is 34.5 Å². The molecule has 1 amide bonds. The summed E-state index contributed by atoms with van der Waals surface area (Å²) < 4.78 is 6.04. The second-order valence-corrected chi connectivity index (χ2v) is 4.34. The summed E-state index contributed by atoms with van der Waals surface area (Å²) in [6.45, 7) is 3.69. The molecule has 80 valence electrons. The number of hydrogen-bond acceptors (Lipinski definition) is 2. The van der Waals surface area contributed by atoms with Crippen LogP contribution in [0.3, 0.4) is 0 Å². The number of halogens is 1. The average Bonchev–Trinajstić information content (AvgIpc) is 2.74. The van der Waals surface area contributed by atoms with Crippen molar-refractivity contribution in [1.29, 1.82) is 0 Å². The number of hydrogen-bond donors (Lipinski definition) is 0. The molecule has 0 aromatic heterocycles. The lowest BCUT2D eigenvalue weighted by atomic mass is 10.1. The van der Waals surface area contributed by atoms with Crippen LogP contribution in [0, 0.1) is 6.92 Å². The molecule has 0 N–H and O–H groups in total. The van der Waals surface area contributed by atoms with Gasteiger partial charge in [-0.3, -0.25) is 4.79 Å². The molecule has 1 aromatic carbocycles. The van der Waals surface area contributed by atoms with E-state index in [2.05, 4.69) is 15.9 Å². The number of carbonyl (C=O) groups is 1. The maximum absolute atomic E-state index is 12.0. The Balaban J connectivity index is 2.28. The first-order valence-electron chi connectivity index (χ1n) is 4.82. The molecule has 1 aliphatic heterocycles. The van der Waals surface area contributed by atoms with Crippen molar-refractivity contribution in [3.8, 4) is 0 Å². The van der Waals surface area contributed by atoms with Crippen molar-refractivity contribution in [3.05, 3.63) is 33.8 Å². The van der Waals surface area contributed by atoms with Gasteiger partial charge in [-0.25, -0.2) is 0 Å². The van der Waals surface area contributed by atoms with Crippen molar-refractivity contribution in [2.24, 2.45) is 0 Å². The predicted molar refractivity (Wildman–Crippen MR) is 60.7 cm³/mol. The maximum Gasteiger partial charge on any atom is 0.256 e. The quantitative estimate of drug-likeness (QED) is 0.782. The summed E-state index contributed by atoms with van der Waals surface area (Å²) in [6, 6.07) is 5.70. The van der Waals surface area contributed by atoms with Gasteiger partial charge in [0, 0.05) is 11.0 Å². The van der Waals surface area contributed by atoms with Crippen LogP contribution in [-0.4, -0.2) is 30.7 Å². The minimum atomic E-state index is 0.0306. The Morgan fingerprint density at radius 3 is 3.00 bits per heavy atom. The number of nitrogens with zero attached hydrogens (tertiary/aromatic N) is 1. The number of rotatable bonds is 1. The van der Waals surface area contributed by atoms with Gasteiger partial charge in [0.05, 0.1) is 12.2 Å². The van der Waals surface area contributed by atoms with Gasteiger partial charge in [-0.15, -0.1) is 0 Å². The van der Waals surface area contributed by atoms with Gasteiger partial charge >= 0.3 is 0 Å². The number of ether oxygens (including phenoxy) is 1. The molecule has 1 heterocycles. The highest BCUT2D eigenvalue weighted by Crippen LogP contribution is 2.22.